The van der Waals surface area contributed by atoms with E-state index in [4.69, 9.17) is 5.11 Å². The third-order valence-electron chi connectivity index (χ3n) is 2.13. The van der Waals surface area contributed by atoms with Crippen molar-refractivity contribution in [1.29, 1.82) is 0 Å². The molecule has 0 bridgehead atoms. The Hall–Kier alpha value is -0.130. The molecule has 0 heterocycles. The monoisotopic (exact) mass is 207 g/mol. The predicted molar refractivity (Wildman–Crippen MR) is 51.9 cm³/mol. The van der Waals surface area contributed by atoms with Crippen molar-refractivity contribution >= 4 is 35.5 Å². The molecule has 0 aromatic heterocycles. The molecule has 0 spiro atoms. The second-order valence-corrected chi connectivity index (χ2v) is 2.91. The average Bonchev–Trinajstić information content (AvgIpc) is 2.09. The topological polar surface area (TPSA) is 77.8 Å². The molecule has 73 valence electrons. The van der Waals surface area contributed by atoms with E-state index in [0.717, 1.165) is 0 Å². The van der Waals surface area contributed by atoms with E-state index in [1.54, 1.807) is 6.08 Å². The van der Waals surface area contributed by atoms with Gasteiger partial charge in [-0.1, -0.05) is 13.0 Å². The minimum absolute atomic E-state index is 0. The second-order valence-electron chi connectivity index (χ2n) is 2.91. The van der Waals surface area contributed by atoms with Crippen LogP contribution in [-0.2, 0) is 4.79 Å². The Morgan fingerprint density at radius 3 is 2.36 bits per heavy atom. The Kier molecular flexibility index (Phi) is 5.63. The molecule has 4 nitrogen and oxygen atoms in total. The molecule has 0 saturated carbocycles. The maximum absolute atomic E-state index is 10.5. The fraction of sp³-hybridized carbons (Fsp3) is 0.444. The normalized spacial score (nSPS) is 25.9. The van der Waals surface area contributed by atoms with Crippen LogP contribution in [0.15, 0.2) is 23.3 Å². The summed E-state index contributed by atoms with van der Waals surface area (Å²) in [5.41, 5.74) is 0.488. The number of allylic oxidation sites excluding steroid dienone is 2. The molecule has 1 radical (unpaired) electrons. The number of hydrogen-bond acceptors (Lipinski definition) is 3. The molecule has 2 atom stereocenters. The SMILES string of the molecule is CCC1=CC=C(C(=O)O)[C@@H](O)[C@H]1O.[Na]. The van der Waals surface area contributed by atoms with Crippen molar-refractivity contribution in [3.63, 3.8) is 0 Å². The Morgan fingerprint density at radius 2 is 1.93 bits per heavy atom. The molecule has 0 unspecified atom stereocenters. The molecule has 0 amide bonds. The van der Waals surface area contributed by atoms with Crippen molar-refractivity contribution in [1.82, 2.24) is 0 Å². The fourth-order valence-electron chi connectivity index (χ4n) is 1.29. The number of aliphatic carboxylic acids is 1. The first-order valence-corrected chi connectivity index (χ1v) is 4.08. The van der Waals surface area contributed by atoms with Gasteiger partial charge in [-0.05, 0) is 18.1 Å². The molecule has 0 aliphatic heterocycles. The van der Waals surface area contributed by atoms with E-state index < -0.39 is 18.2 Å². The van der Waals surface area contributed by atoms with E-state index in [9.17, 15) is 15.0 Å². The third-order valence-corrected chi connectivity index (χ3v) is 2.13. The number of carbonyl (C=O) groups is 1. The van der Waals surface area contributed by atoms with Gasteiger partial charge in [0.15, 0.2) is 0 Å². The molecule has 0 saturated heterocycles. The van der Waals surface area contributed by atoms with Gasteiger partial charge in [0, 0.05) is 29.6 Å². The van der Waals surface area contributed by atoms with Crippen molar-refractivity contribution in [2.24, 2.45) is 0 Å². The minimum Gasteiger partial charge on any atom is -0.478 e. The summed E-state index contributed by atoms with van der Waals surface area (Å²) in [6.45, 7) is 1.83. The van der Waals surface area contributed by atoms with Gasteiger partial charge >= 0.3 is 5.97 Å². The summed E-state index contributed by atoms with van der Waals surface area (Å²) in [4.78, 5) is 10.5. The average molecular weight is 207 g/mol. The van der Waals surface area contributed by atoms with Crippen LogP contribution < -0.4 is 0 Å². The Bertz CT molecular complexity index is 283. The molecule has 0 aromatic rings. The smallest absolute Gasteiger partial charge is 0.334 e. The first-order valence-electron chi connectivity index (χ1n) is 4.08. The zero-order valence-electron chi connectivity index (χ0n) is 8.27. The van der Waals surface area contributed by atoms with E-state index in [0.29, 0.717) is 12.0 Å². The van der Waals surface area contributed by atoms with Gasteiger partial charge < -0.3 is 15.3 Å². The van der Waals surface area contributed by atoms with Crippen LogP contribution in [0.25, 0.3) is 0 Å². The number of hydrogen-bond donors (Lipinski definition) is 3. The van der Waals surface area contributed by atoms with Crippen LogP contribution in [0.4, 0.5) is 0 Å². The van der Waals surface area contributed by atoms with Crippen molar-refractivity contribution in [2.75, 3.05) is 0 Å². The zero-order chi connectivity index (χ0) is 10.0. The summed E-state index contributed by atoms with van der Waals surface area (Å²) >= 11 is 0. The van der Waals surface area contributed by atoms with Crippen LogP contribution in [0.1, 0.15) is 13.3 Å². The van der Waals surface area contributed by atoms with E-state index >= 15 is 0 Å². The number of aliphatic hydroxyl groups excluding tert-OH is 2. The zero-order valence-corrected chi connectivity index (χ0v) is 10.3. The molecule has 14 heavy (non-hydrogen) atoms. The van der Waals surface area contributed by atoms with Gasteiger partial charge in [-0.3, -0.25) is 0 Å². The molecular formula is C9H12NaO4. The molecule has 1 rings (SSSR count). The molecular weight excluding hydrogens is 195 g/mol. The van der Waals surface area contributed by atoms with Gasteiger partial charge in [-0.15, -0.1) is 0 Å². The largest absolute Gasteiger partial charge is 0.478 e. The Morgan fingerprint density at radius 1 is 1.36 bits per heavy atom. The number of carboxylic acids is 1. The van der Waals surface area contributed by atoms with E-state index in [2.05, 4.69) is 0 Å². The third kappa shape index (κ3) is 2.68. The van der Waals surface area contributed by atoms with E-state index in [1.165, 1.54) is 6.08 Å². The summed E-state index contributed by atoms with van der Waals surface area (Å²) in [6, 6.07) is 0. The second kappa shape index (κ2) is 5.68. The standard InChI is InChI=1S/C9H12O4.Na/c1-2-5-3-4-6(9(12)13)8(11)7(5)10;/h3-4,7-8,10-11H,2H2,1H3,(H,12,13);/t7-,8+;/m0./s1. The van der Waals surface area contributed by atoms with Gasteiger partial charge in [-0.25, -0.2) is 4.79 Å². The van der Waals surface area contributed by atoms with Crippen LogP contribution in [0.3, 0.4) is 0 Å². The molecule has 1 aliphatic rings. The summed E-state index contributed by atoms with van der Waals surface area (Å²) in [7, 11) is 0. The van der Waals surface area contributed by atoms with Gasteiger partial charge in [0.1, 0.15) is 12.2 Å². The van der Waals surface area contributed by atoms with E-state index in [1.807, 2.05) is 6.92 Å². The molecule has 3 N–H and O–H groups in total. The predicted octanol–water partition coefficient (Wildman–Crippen LogP) is -0.312. The van der Waals surface area contributed by atoms with Gasteiger partial charge in [0.05, 0.1) is 5.57 Å². The van der Waals surface area contributed by atoms with Gasteiger partial charge in [-0.2, -0.15) is 0 Å². The summed E-state index contributed by atoms with van der Waals surface area (Å²) < 4.78 is 0. The van der Waals surface area contributed by atoms with Crippen molar-refractivity contribution in [3.8, 4) is 0 Å². The summed E-state index contributed by atoms with van der Waals surface area (Å²) in [6.07, 6.45) is 1.08. The van der Waals surface area contributed by atoms with Crippen LogP contribution in [0.5, 0.6) is 0 Å². The summed E-state index contributed by atoms with van der Waals surface area (Å²) in [5, 5.41) is 27.4. The van der Waals surface area contributed by atoms with Crippen LogP contribution >= 0.6 is 0 Å². The van der Waals surface area contributed by atoms with Crippen LogP contribution in [0, 0.1) is 0 Å². The molecule has 5 heteroatoms. The van der Waals surface area contributed by atoms with Gasteiger partial charge in [0.25, 0.3) is 0 Å². The number of aliphatic hydroxyl groups is 2. The first kappa shape index (κ1) is 13.9. The Balaban J connectivity index is 0.00000169. The molecule has 0 fully saturated rings. The fourth-order valence-corrected chi connectivity index (χ4v) is 1.29. The Labute approximate surface area is 104 Å². The van der Waals surface area contributed by atoms with Crippen molar-refractivity contribution in [3.05, 3.63) is 23.3 Å². The quantitative estimate of drug-likeness (QED) is 0.543. The van der Waals surface area contributed by atoms with Crippen molar-refractivity contribution in [2.45, 2.75) is 25.6 Å². The van der Waals surface area contributed by atoms with E-state index in [-0.39, 0.29) is 35.1 Å². The maximum atomic E-state index is 10.5. The van der Waals surface area contributed by atoms with Gasteiger partial charge in [0.2, 0.25) is 0 Å². The van der Waals surface area contributed by atoms with Crippen LogP contribution in [0.2, 0.25) is 0 Å². The maximum Gasteiger partial charge on any atom is 0.334 e. The molecule has 0 aromatic carbocycles. The van der Waals surface area contributed by atoms with Crippen molar-refractivity contribution < 1.29 is 20.1 Å². The first-order chi connectivity index (χ1) is 6.07. The van der Waals surface area contributed by atoms with Crippen LogP contribution in [-0.4, -0.2) is 63.1 Å². The number of carboxylic acid groups (broad SMARTS) is 1. The summed E-state index contributed by atoms with van der Waals surface area (Å²) in [5.74, 6) is -1.20. The molecule has 1 aliphatic carbocycles. The minimum atomic E-state index is -1.31. The number of rotatable bonds is 2.